The molecule has 0 spiro atoms. The molecule has 2 aromatic rings. The van der Waals surface area contributed by atoms with Gasteiger partial charge in [0, 0.05) is 12.1 Å². The third-order valence-corrected chi connectivity index (χ3v) is 4.82. The lowest BCUT2D eigenvalue weighted by Crippen LogP contribution is -2.28. The van der Waals surface area contributed by atoms with Gasteiger partial charge in [-0.25, -0.2) is 0 Å². The number of fused-ring (bicyclic) bond motifs is 1. The molecule has 0 saturated carbocycles. The van der Waals surface area contributed by atoms with E-state index in [0.29, 0.717) is 18.0 Å². The molecule has 0 amide bonds. The average molecular weight is 279 g/mol. The van der Waals surface area contributed by atoms with Crippen molar-refractivity contribution < 1.29 is 0 Å². The molecule has 0 saturated heterocycles. The van der Waals surface area contributed by atoms with Gasteiger partial charge in [0.2, 0.25) is 0 Å². The van der Waals surface area contributed by atoms with Gasteiger partial charge in [0.05, 0.1) is 0 Å². The first kappa shape index (κ1) is 14.3. The monoisotopic (exact) mass is 279 g/mol. The van der Waals surface area contributed by atoms with E-state index in [1.54, 1.807) is 0 Å². The molecule has 0 aromatic heterocycles. The fourth-order valence-electron chi connectivity index (χ4n) is 3.43. The maximum absolute atomic E-state index is 3.83. The van der Waals surface area contributed by atoms with Crippen LogP contribution in [0.4, 0.5) is 0 Å². The van der Waals surface area contributed by atoms with Crippen LogP contribution in [0, 0.1) is 6.92 Å². The zero-order valence-corrected chi connectivity index (χ0v) is 13.3. The van der Waals surface area contributed by atoms with Crippen LogP contribution >= 0.6 is 0 Å². The number of benzene rings is 2. The average Bonchev–Trinajstić information content (AvgIpc) is 2.51. The van der Waals surface area contributed by atoms with Crippen LogP contribution in [0.15, 0.2) is 48.5 Å². The standard InChI is InChI=1S/C20H25N/c1-14-8-11-17(12-9-14)16(3)21-20-13-10-15(2)18-6-4-5-7-19(18)20/h4-9,11-12,15-16,20-21H,10,13H2,1-3H3. The second-order valence-electron chi connectivity index (χ2n) is 6.46. The summed E-state index contributed by atoms with van der Waals surface area (Å²) in [6.07, 6.45) is 2.50. The van der Waals surface area contributed by atoms with Gasteiger partial charge in [0.25, 0.3) is 0 Å². The van der Waals surface area contributed by atoms with Gasteiger partial charge in [0.15, 0.2) is 0 Å². The van der Waals surface area contributed by atoms with Gasteiger partial charge in [0.1, 0.15) is 0 Å². The highest BCUT2D eigenvalue weighted by atomic mass is 14.9. The number of hydrogen-bond acceptors (Lipinski definition) is 1. The zero-order valence-electron chi connectivity index (χ0n) is 13.3. The zero-order chi connectivity index (χ0) is 14.8. The molecule has 0 aliphatic heterocycles. The molecule has 1 heteroatoms. The van der Waals surface area contributed by atoms with Gasteiger partial charge in [-0.2, -0.15) is 0 Å². The summed E-state index contributed by atoms with van der Waals surface area (Å²) in [7, 11) is 0. The Kier molecular flexibility index (Phi) is 4.12. The Labute approximate surface area is 128 Å². The summed E-state index contributed by atoms with van der Waals surface area (Å²) < 4.78 is 0. The fraction of sp³-hybridized carbons (Fsp3) is 0.400. The van der Waals surface area contributed by atoms with Gasteiger partial charge in [-0.1, -0.05) is 61.0 Å². The highest BCUT2D eigenvalue weighted by molar-refractivity contribution is 5.35. The largest absolute Gasteiger partial charge is 0.303 e. The Morgan fingerprint density at radius 3 is 2.33 bits per heavy atom. The van der Waals surface area contributed by atoms with Gasteiger partial charge in [-0.05, 0) is 49.3 Å². The van der Waals surface area contributed by atoms with E-state index in [4.69, 9.17) is 0 Å². The Balaban J connectivity index is 1.79. The summed E-state index contributed by atoms with van der Waals surface area (Å²) in [5.74, 6) is 0.689. The molecule has 0 bridgehead atoms. The molecule has 110 valence electrons. The maximum Gasteiger partial charge on any atom is 0.0328 e. The minimum atomic E-state index is 0.386. The molecular weight excluding hydrogens is 254 g/mol. The molecule has 3 rings (SSSR count). The topological polar surface area (TPSA) is 12.0 Å². The third kappa shape index (κ3) is 3.03. The van der Waals surface area contributed by atoms with Crippen LogP contribution in [0.5, 0.6) is 0 Å². The van der Waals surface area contributed by atoms with Crippen molar-refractivity contribution in [1.82, 2.24) is 5.32 Å². The van der Waals surface area contributed by atoms with Crippen molar-refractivity contribution in [1.29, 1.82) is 0 Å². The summed E-state index contributed by atoms with van der Waals surface area (Å²) in [6, 6.07) is 18.7. The van der Waals surface area contributed by atoms with Crippen molar-refractivity contribution >= 4 is 0 Å². The number of aryl methyl sites for hydroxylation is 1. The van der Waals surface area contributed by atoms with Crippen LogP contribution in [-0.2, 0) is 0 Å². The molecular formula is C20H25N. The van der Waals surface area contributed by atoms with Crippen LogP contribution in [0.2, 0.25) is 0 Å². The van der Waals surface area contributed by atoms with Crippen LogP contribution in [0.25, 0.3) is 0 Å². The van der Waals surface area contributed by atoms with E-state index in [9.17, 15) is 0 Å². The fourth-order valence-corrected chi connectivity index (χ4v) is 3.43. The molecule has 3 atom stereocenters. The van der Waals surface area contributed by atoms with Crippen molar-refractivity contribution in [3.63, 3.8) is 0 Å². The highest BCUT2D eigenvalue weighted by Gasteiger charge is 2.25. The van der Waals surface area contributed by atoms with Crippen molar-refractivity contribution in [2.75, 3.05) is 0 Å². The minimum absolute atomic E-state index is 0.386. The van der Waals surface area contributed by atoms with Crippen LogP contribution in [0.3, 0.4) is 0 Å². The summed E-state index contributed by atoms with van der Waals surface area (Å²) in [5, 5.41) is 3.83. The first-order valence-corrected chi connectivity index (χ1v) is 8.06. The van der Waals surface area contributed by atoms with Crippen LogP contribution in [0.1, 0.15) is 66.9 Å². The maximum atomic E-state index is 3.83. The second-order valence-corrected chi connectivity index (χ2v) is 6.46. The van der Waals surface area contributed by atoms with Crippen LogP contribution < -0.4 is 5.32 Å². The van der Waals surface area contributed by atoms with E-state index in [1.165, 1.54) is 35.1 Å². The molecule has 1 N–H and O–H groups in total. The SMILES string of the molecule is Cc1ccc(C(C)NC2CCC(C)c3ccccc32)cc1. The third-order valence-electron chi connectivity index (χ3n) is 4.82. The lowest BCUT2D eigenvalue weighted by atomic mass is 9.80. The minimum Gasteiger partial charge on any atom is -0.303 e. The van der Waals surface area contributed by atoms with Crippen LogP contribution in [-0.4, -0.2) is 0 Å². The van der Waals surface area contributed by atoms with Gasteiger partial charge in [-0.3, -0.25) is 0 Å². The van der Waals surface area contributed by atoms with E-state index in [-0.39, 0.29) is 0 Å². The Hall–Kier alpha value is -1.60. The number of nitrogens with one attached hydrogen (secondary N) is 1. The molecule has 1 aliphatic rings. The summed E-state index contributed by atoms with van der Waals surface area (Å²) in [4.78, 5) is 0. The summed E-state index contributed by atoms with van der Waals surface area (Å²) >= 11 is 0. The Morgan fingerprint density at radius 1 is 0.952 bits per heavy atom. The van der Waals surface area contributed by atoms with Gasteiger partial charge < -0.3 is 5.32 Å². The smallest absolute Gasteiger partial charge is 0.0328 e. The quantitative estimate of drug-likeness (QED) is 0.805. The molecule has 1 nitrogen and oxygen atoms in total. The number of rotatable bonds is 3. The normalized spacial score (nSPS) is 22.6. The molecule has 0 fully saturated rings. The lowest BCUT2D eigenvalue weighted by molar-refractivity contribution is 0.396. The van der Waals surface area contributed by atoms with Gasteiger partial charge >= 0.3 is 0 Å². The summed E-state index contributed by atoms with van der Waals surface area (Å²) in [6.45, 7) is 6.75. The summed E-state index contributed by atoms with van der Waals surface area (Å²) in [5.41, 5.74) is 5.71. The van der Waals surface area contributed by atoms with Crippen molar-refractivity contribution in [3.8, 4) is 0 Å². The Morgan fingerprint density at radius 2 is 1.62 bits per heavy atom. The second kappa shape index (κ2) is 6.03. The van der Waals surface area contributed by atoms with E-state index in [2.05, 4.69) is 74.6 Å². The first-order chi connectivity index (χ1) is 10.1. The molecule has 0 radical (unpaired) electrons. The molecule has 0 heterocycles. The van der Waals surface area contributed by atoms with Gasteiger partial charge in [-0.15, -0.1) is 0 Å². The van der Waals surface area contributed by atoms with E-state index < -0.39 is 0 Å². The predicted octanol–water partition coefficient (Wildman–Crippen LogP) is 5.28. The first-order valence-electron chi connectivity index (χ1n) is 8.06. The number of hydrogen-bond donors (Lipinski definition) is 1. The van der Waals surface area contributed by atoms with E-state index >= 15 is 0 Å². The molecule has 1 aliphatic carbocycles. The van der Waals surface area contributed by atoms with Crippen molar-refractivity contribution in [2.24, 2.45) is 0 Å². The van der Waals surface area contributed by atoms with E-state index in [0.717, 1.165) is 0 Å². The Bertz CT molecular complexity index is 599. The molecule has 21 heavy (non-hydrogen) atoms. The molecule has 3 unspecified atom stereocenters. The van der Waals surface area contributed by atoms with Crippen molar-refractivity contribution in [3.05, 3.63) is 70.8 Å². The predicted molar refractivity (Wildman–Crippen MR) is 89.6 cm³/mol. The molecule has 2 aromatic carbocycles. The highest BCUT2D eigenvalue weighted by Crippen LogP contribution is 2.38. The van der Waals surface area contributed by atoms with Crippen molar-refractivity contribution in [2.45, 2.75) is 51.6 Å². The lowest BCUT2D eigenvalue weighted by Gasteiger charge is -2.32. The van der Waals surface area contributed by atoms with E-state index in [1.807, 2.05) is 0 Å².